The van der Waals surface area contributed by atoms with E-state index in [2.05, 4.69) is 264 Å². The van der Waals surface area contributed by atoms with Crippen molar-refractivity contribution in [3.63, 3.8) is 0 Å². The van der Waals surface area contributed by atoms with Crippen LogP contribution >= 0.6 is 0 Å². The first kappa shape index (κ1) is 36.8. The van der Waals surface area contributed by atoms with E-state index < -0.39 is 0 Å². The zero-order valence-electron chi connectivity index (χ0n) is 34.1. The number of hydrogen-bond acceptors (Lipinski definition) is 1. The average molecular weight is 791 g/mol. The van der Waals surface area contributed by atoms with Crippen LogP contribution < -0.4 is 4.90 Å². The van der Waals surface area contributed by atoms with Gasteiger partial charge in [0.25, 0.3) is 0 Å². The molecule has 0 amide bonds. The van der Waals surface area contributed by atoms with Crippen molar-refractivity contribution in [1.82, 2.24) is 4.57 Å². The summed E-state index contributed by atoms with van der Waals surface area (Å²) in [4.78, 5) is 2.39. The summed E-state index contributed by atoms with van der Waals surface area (Å²) in [6, 6.07) is 91.9. The van der Waals surface area contributed by atoms with E-state index in [9.17, 15) is 0 Å². The number of anilines is 3. The molecule has 0 aliphatic rings. The van der Waals surface area contributed by atoms with Crippen LogP contribution in [0.15, 0.2) is 255 Å². The zero-order valence-corrected chi connectivity index (χ0v) is 34.1. The molecule has 0 spiro atoms. The standard InChI is InChI=1S/C60H42N2/c1-3-17-43(18-4-1)45-35-39-49(40-36-45)61(58-28-14-10-24-54(58)53-23-8-7-21-51(53)47-19-5-2-6-20-47)50-41-37-46(38-42-50)44-31-33-48(34-32-44)52-22-9-13-27-57(52)62-59-29-15-11-25-55(59)56-26-12-16-30-60(56)62/h1-42H. The molecule has 1 aromatic heterocycles. The van der Waals surface area contributed by atoms with E-state index in [0.717, 1.165) is 22.6 Å². The fourth-order valence-electron chi connectivity index (χ4n) is 9.08. The van der Waals surface area contributed by atoms with Gasteiger partial charge in [0.05, 0.1) is 22.4 Å². The van der Waals surface area contributed by atoms with E-state index in [4.69, 9.17) is 0 Å². The fourth-order valence-corrected chi connectivity index (χ4v) is 9.08. The molecule has 62 heavy (non-hydrogen) atoms. The number of para-hydroxylation sites is 4. The summed E-state index contributed by atoms with van der Waals surface area (Å²) in [6.07, 6.45) is 0. The minimum Gasteiger partial charge on any atom is -0.310 e. The van der Waals surface area contributed by atoms with Crippen molar-refractivity contribution >= 4 is 38.9 Å². The van der Waals surface area contributed by atoms with Crippen LogP contribution in [0.25, 0.3) is 83.1 Å². The lowest BCUT2D eigenvalue weighted by Crippen LogP contribution is -2.11. The first-order valence-electron chi connectivity index (χ1n) is 21.3. The highest BCUT2D eigenvalue weighted by atomic mass is 15.1. The van der Waals surface area contributed by atoms with E-state index in [0.29, 0.717) is 0 Å². The Morgan fingerprint density at radius 3 is 1.19 bits per heavy atom. The van der Waals surface area contributed by atoms with Crippen molar-refractivity contribution in [3.8, 4) is 61.3 Å². The van der Waals surface area contributed by atoms with Gasteiger partial charge in [-0.15, -0.1) is 0 Å². The summed E-state index contributed by atoms with van der Waals surface area (Å²) in [5.74, 6) is 0. The molecule has 0 N–H and O–H groups in total. The van der Waals surface area contributed by atoms with Gasteiger partial charge in [0.15, 0.2) is 0 Å². The third-order valence-electron chi connectivity index (χ3n) is 12.1. The van der Waals surface area contributed by atoms with Crippen molar-refractivity contribution in [3.05, 3.63) is 255 Å². The van der Waals surface area contributed by atoms with Crippen LogP contribution in [0.4, 0.5) is 17.1 Å². The molecule has 10 aromatic carbocycles. The maximum atomic E-state index is 2.41. The molecule has 2 heteroatoms. The highest BCUT2D eigenvalue weighted by Crippen LogP contribution is 2.44. The van der Waals surface area contributed by atoms with Crippen LogP contribution in [0.3, 0.4) is 0 Å². The Bertz CT molecular complexity index is 3260. The fraction of sp³-hybridized carbons (Fsp3) is 0. The molecule has 0 atom stereocenters. The molecule has 0 saturated carbocycles. The molecule has 0 aliphatic heterocycles. The summed E-state index contributed by atoms with van der Waals surface area (Å²) in [5, 5.41) is 2.53. The number of rotatable bonds is 9. The monoisotopic (exact) mass is 790 g/mol. The second kappa shape index (κ2) is 16.1. The molecule has 0 fully saturated rings. The molecule has 0 saturated heterocycles. The Morgan fingerprint density at radius 2 is 0.613 bits per heavy atom. The number of hydrogen-bond donors (Lipinski definition) is 0. The molecule has 2 nitrogen and oxygen atoms in total. The van der Waals surface area contributed by atoms with Gasteiger partial charge in [0.2, 0.25) is 0 Å². The normalized spacial score (nSPS) is 11.2. The van der Waals surface area contributed by atoms with Gasteiger partial charge in [0, 0.05) is 33.3 Å². The third-order valence-corrected chi connectivity index (χ3v) is 12.1. The van der Waals surface area contributed by atoms with E-state index in [-0.39, 0.29) is 0 Å². The number of benzene rings is 10. The summed E-state index contributed by atoms with van der Waals surface area (Å²) in [7, 11) is 0. The molecule has 0 bridgehead atoms. The van der Waals surface area contributed by atoms with Crippen molar-refractivity contribution in [1.29, 1.82) is 0 Å². The lowest BCUT2D eigenvalue weighted by molar-refractivity contribution is 1.18. The average Bonchev–Trinajstić information content (AvgIpc) is 3.69. The predicted molar refractivity (Wildman–Crippen MR) is 263 cm³/mol. The Hall–Kier alpha value is -8.20. The Morgan fingerprint density at radius 1 is 0.242 bits per heavy atom. The molecular formula is C60H42N2. The largest absolute Gasteiger partial charge is 0.310 e. The van der Waals surface area contributed by atoms with Crippen LogP contribution in [0.1, 0.15) is 0 Å². The molecule has 292 valence electrons. The predicted octanol–water partition coefficient (Wildman–Crippen LogP) is 16.6. The van der Waals surface area contributed by atoms with Crippen LogP contribution in [0.5, 0.6) is 0 Å². The third kappa shape index (κ3) is 6.74. The van der Waals surface area contributed by atoms with Gasteiger partial charge in [-0.25, -0.2) is 0 Å². The first-order valence-corrected chi connectivity index (χ1v) is 21.3. The van der Waals surface area contributed by atoms with Crippen molar-refractivity contribution < 1.29 is 0 Å². The SMILES string of the molecule is c1ccc(-c2ccc(N(c3ccc(-c4ccc(-c5ccccc5-n5c6ccccc6c6ccccc65)cc4)cc3)c3ccccc3-c3ccccc3-c3ccccc3)cc2)cc1. The highest BCUT2D eigenvalue weighted by Gasteiger charge is 2.20. The Balaban J connectivity index is 0.971. The number of nitrogens with zero attached hydrogens (tertiary/aromatic N) is 2. The minimum absolute atomic E-state index is 1.09. The second-order valence-corrected chi connectivity index (χ2v) is 15.7. The molecule has 0 unspecified atom stereocenters. The van der Waals surface area contributed by atoms with E-state index in [1.54, 1.807) is 0 Å². The first-order chi connectivity index (χ1) is 30.8. The highest BCUT2D eigenvalue weighted by molar-refractivity contribution is 6.09. The summed E-state index contributed by atoms with van der Waals surface area (Å²) >= 11 is 0. The van der Waals surface area contributed by atoms with Gasteiger partial charge in [-0.05, 0) is 93.0 Å². The van der Waals surface area contributed by atoms with Crippen molar-refractivity contribution in [2.24, 2.45) is 0 Å². The van der Waals surface area contributed by atoms with Gasteiger partial charge < -0.3 is 9.47 Å². The number of aromatic nitrogens is 1. The second-order valence-electron chi connectivity index (χ2n) is 15.7. The summed E-state index contributed by atoms with van der Waals surface area (Å²) in [5.41, 5.74) is 18.7. The van der Waals surface area contributed by atoms with E-state index in [1.165, 1.54) is 77.6 Å². The zero-order chi connectivity index (χ0) is 41.2. The van der Waals surface area contributed by atoms with Gasteiger partial charge in [-0.1, -0.05) is 206 Å². The maximum absolute atomic E-state index is 2.41. The molecule has 11 rings (SSSR count). The molecular weight excluding hydrogens is 749 g/mol. The van der Waals surface area contributed by atoms with Crippen LogP contribution in [0, 0.1) is 0 Å². The topological polar surface area (TPSA) is 8.17 Å². The summed E-state index contributed by atoms with van der Waals surface area (Å²) in [6.45, 7) is 0. The van der Waals surface area contributed by atoms with Crippen molar-refractivity contribution in [2.75, 3.05) is 4.90 Å². The van der Waals surface area contributed by atoms with Crippen LogP contribution in [-0.4, -0.2) is 4.57 Å². The maximum Gasteiger partial charge on any atom is 0.0541 e. The van der Waals surface area contributed by atoms with Gasteiger partial charge in [-0.2, -0.15) is 0 Å². The number of fused-ring (bicyclic) bond motifs is 3. The molecule has 0 aliphatic carbocycles. The van der Waals surface area contributed by atoms with Crippen LogP contribution in [0.2, 0.25) is 0 Å². The minimum atomic E-state index is 1.09. The lowest BCUT2D eigenvalue weighted by atomic mass is 9.93. The Kier molecular flexibility index (Phi) is 9.57. The van der Waals surface area contributed by atoms with Gasteiger partial charge in [0.1, 0.15) is 0 Å². The summed E-state index contributed by atoms with van der Waals surface area (Å²) < 4.78 is 2.41. The van der Waals surface area contributed by atoms with E-state index >= 15 is 0 Å². The molecule has 1 heterocycles. The van der Waals surface area contributed by atoms with E-state index in [1.807, 2.05) is 0 Å². The van der Waals surface area contributed by atoms with Crippen LogP contribution in [-0.2, 0) is 0 Å². The molecule has 11 aromatic rings. The quantitative estimate of drug-likeness (QED) is 0.141. The van der Waals surface area contributed by atoms with Gasteiger partial charge >= 0.3 is 0 Å². The van der Waals surface area contributed by atoms with Gasteiger partial charge in [-0.3, -0.25) is 0 Å². The van der Waals surface area contributed by atoms with Crippen molar-refractivity contribution in [2.45, 2.75) is 0 Å². The smallest absolute Gasteiger partial charge is 0.0541 e. The Labute approximate surface area is 362 Å². The molecule has 0 radical (unpaired) electrons. The lowest BCUT2D eigenvalue weighted by Gasteiger charge is -2.29.